The fraction of sp³-hybridized carbons (Fsp3) is 0.167. The summed E-state index contributed by atoms with van der Waals surface area (Å²) in [5.74, 6) is -0.215. The monoisotopic (exact) mass is 230 g/mol. The van der Waals surface area contributed by atoms with Crippen LogP contribution in [0.4, 0.5) is 5.69 Å². The molecule has 0 bridgehead atoms. The highest BCUT2D eigenvalue weighted by atomic mass is 16.2. The molecule has 2 aromatic rings. The number of amides is 1. The van der Waals surface area contributed by atoms with Gasteiger partial charge in [0.05, 0.1) is 17.8 Å². The number of nitrogens with two attached hydrogens (primary N) is 1. The number of aromatic nitrogens is 2. The lowest BCUT2D eigenvalue weighted by molar-refractivity contribution is -0.117. The number of rotatable bonds is 4. The van der Waals surface area contributed by atoms with E-state index in [1.54, 1.807) is 18.3 Å². The first-order valence-electron chi connectivity index (χ1n) is 5.31. The first-order chi connectivity index (χ1) is 8.20. The molecule has 0 aliphatic heterocycles. The number of hydrogen-bond donors (Lipinski definition) is 3. The molecule has 1 amide bonds. The number of anilines is 1. The average molecular weight is 230 g/mol. The van der Waals surface area contributed by atoms with Crippen LogP contribution in [0.15, 0.2) is 37.1 Å². The molecular weight excluding hydrogens is 216 g/mol. The molecule has 0 aliphatic carbocycles. The summed E-state index contributed by atoms with van der Waals surface area (Å²) in [6.07, 6.45) is 3.79. The summed E-state index contributed by atoms with van der Waals surface area (Å²) >= 11 is 0. The maximum atomic E-state index is 11.7. The molecule has 1 heterocycles. The third kappa shape index (κ3) is 2.51. The Labute approximate surface area is 98.7 Å². The largest absolute Gasteiger partial charge is 0.325 e. The molecule has 0 aliphatic rings. The third-order valence-corrected chi connectivity index (χ3v) is 2.47. The fourth-order valence-electron chi connectivity index (χ4n) is 1.54. The number of nitrogens with zero attached hydrogens (tertiary/aromatic N) is 1. The highest BCUT2D eigenvalue weighted by Gasteiger charge is 2.11. The third-order valence-electron chi connectivity index (χ3n) is 2.47. The lowest BCUT2D eigenvalue weighted by Crippen LogP contribution is -2.35. The van der Waals surface area contributed by atoms with E-state index in [0.29, 0.717) is 12.1 Å². The van der Waals surface area contributed by atoms with Crippen molar-refractivity contribution in [1.29, 1.82) is 0 Å². The van der Waals surface area contributed by atoms with Crippen LogP contribution in [0.5, 0.6) is 0 Å². The molecule has 5 heteroatoms. The molecule has 17 heavy (non-hydrogen) atoms. The second kappa shape index (κ2) is 4.80. The van der Waals surface area contributed by atoms with E-state index in [4.69, 9.17) is 5.73 Å². The van der Waals surface area contributed by atoms with Crippen LogP contribution in [-0.4, -0.2) is 22.1 Å². The Bertz CT molecular complexity index is 546. The molecule has 1 aromatic heterocycles. The predicted molar refractivity (Wildman–Crippen MR) is 67.5 cm³/mol. The van der Waals surface area contributed by atoms with Crippen molar-refractivity contribution < 1.29 is 4.79 Å². The van der Waals surface area contributed by atoms with E-state index in [0.717, 1.165) is 10.9 Å². The maximum Gasteiger partial charge on any atom is 0.241 e. The van der Waals surface area contributed by atoms with E-state index in [-0.39, 0.29) is 5.91 Å². The van der Waals surface area contributed by atoms with Gasteiger partial charge in [0.25, 0.3) is 0 Å². The Balaban J connectivity index is 2.12. The van der Waals surface area contributed by atoms with Crippen LogP contribution in [0.1, 0.15) is 6.42 Å². The van der Waals surface area contributed by atoms with E-state index < -0.39 is 6.04 Å². The van der Waals surface area contributed by atoms with E-state index in [1.807, 2.05) is 12.1 Å². The second-order valence-electron chi connectivity index (χ2n) is 3.79. The van der Waals surface area contributed by atoms with E-state index in [2.05, 4.69) is 22.1 Å². The van der Waals surface area contributed by atoms with Crippen LogP contribution in [0.2, 0.25) is 0 Å². The van der Waals surface area contributed by atoms with E-state index >= 15 is 0 Å². The Kier molecular flexibility index (Phi) is 3.20. The molecule has 1 atom stereocenters. The van der Waals surface area contributed by atoms with Crippen LogP contribution in [0.25, 0.3) is 10.9 Å². The van der Waals surface area contributed by atoms with Crippen molar-refractivity contribution in [3.8, 4) is 0 Å². The molecule has 5 nitrogen and oxygen atoms in total. The van der Waals surface area contributed by atoms with Crippen molar-refractivity contribution in [1.82, 2.24) is 10.2 Å². The first-order valence-corrected chi connectivity index (χ1v) is 5.31. The van der Waals surface area contributed by atoms with E-state index in [9.17, 15) is 4.79 Å². The molecule has 1 unspecified atom stereocenters. The molecule has 0 saturated heterocycles. The zero-order chi connectivity index (χ0) is 12.3. The van der Waals surface area contributed by atoms with Gasteiger partial charge in [0.15, 0.2) is 0 Å². The summed E-state index contributed by atoms with van der Waals surface area (Å²) in [6.45, 7) is 3.55. The van der Waals surface area contributed by atoms with Crippen molar-refractivity contribution in [2.24, 2.45) is 5.73 Å². The zero-order valence-electron chi connectivity index (χ0n) is 9.31. The van der Waals surface area contributed by atoms with Crippen LogP contribution in [0.3, 0.4) is 0 Å². The number of aromatic amines is 1. The van der Waals surface area contributed by atoms with Gasteiger partial charge in [-0.15, -0.1) is 6.58 Å². The quantitative estimate of drug-likeness (QED) is 0.694. The molecule has 0 radical (unpaired) electrons. The van der Waals surface area contributed by atoms with Gasteiger partial charge in [0.1, 0.15) is 0 Å². The van der Waals surface area contributed by atoms with Gasteiger partial charge < -0.3 is 11.1 Å². The fourth-order valence-corrected chi connectivity index (χ4v) is 1.54. The number of nitrogens with one attached hydrogen (secondary N) is 2. The van der Waals surface area contributed by atoms with Crippen molar-refractivity contribution in [2.45, 2.75) is 12.5 Å². The number of H-pyrrole nitrogens is 1. The summed E-state index contributed by atoms with van der Waals surface area (Å²) in [7, 11) is 0. The van der Waals surface area contributed by atoms with Crippen molar-refractivity contribution >= 4 is 22.5 Å². The summed E-state index contributed by atoms with van der Waals surface area (Å²) < 4.78 is 0. The van der Waals surface area contributed by atoms with Crippen molar-refractivity contribution in [3.63, 3.8) is 0 Å². The standard InChI is InChI=1S/C12H14N4O/c1-2-3-10(13)12(17)15-9-4-5-11-8(6-9)7-14-16-11/h2,4-7,10H,1,3,13H2,(H,14,16)(H,15,17). The molecule has 0 fully saturated rings. The smallest absolute Gasteiger partial charge is 0.241 e. The number of fused-ring (bicyclic) bond motifs is 1. The van der Waals surface area contributed by atoms with E-state index in [1.165, 1.54) is 0 Å². The number of carbonyl (C=O) groups excluding carboxylic acids is 1. The van der Waals surface area contributed by atoms with Crippen molar-refractivity contribution in [3.05, 3.63) is 37.1 Å². The van der Waals surface area contributed by atoms with Crippen LogP contribution < -0.4 is 11.1 Å². The van der Waals surface area contributed by atoms with Gasteiger partial charge >= 0.3 is 0 Å². The number of benzene rings is 1. The first kappa shape index (κ1) is 11.3. The van der Waals surface area contributed by atoms with Gasteiger partial charge in [0, 0.05) is 11.1 Å². The lowest BCUT2D eigenvalue weighted by atomic mass is 10.2. The summed E-state index contributed by atoms with van der Waals surface area (Å²) in [5.41, 5.74) is 7.31. The maximum absolute atomic E-state index is 11.7. The summed E-state index contributed by atoms with van der Waals surface area (Å²) in [6, 6.07) is 4.94. The van der Waals surface area contributed by atoms with Gasteiger partial charge in [-0.25, -0.2) is 0 Å². The normalized spacial score (nSPS) is 12.3. The number of carbonyl (C=O) groups is 1. The highest BCUT2D eigenvalue weighted by Crippen LogP contribution is 2.16. The van der Waals surface area contributed by atoms with Crippen LogP contribution in [0, 0.1) is 0 Å². The van der Waals surface area contributed by atoms with Gasteiger partial charge in [-0.3, -0.25) is 9.89 Å². The minimum atomic E-state index is -0.562. The van der Waals surface area contributed by atoms with Crippen molar-refractivity contribution in [2.75, 3.05) is 5.32 Å². The van der Waals surface area contributed by atoms with Gasteiger partial charge in [-0.2, -0.15) is 5.10 Å². The molecular formula is C12H14N4O. The minimum absolute atomic E-state index is 0.215. The summed E-state index contributed by atoms with van der Waals surface area (Å²) in [5, 5.41) is 10.5. The molecule has 0 saturated carbocycles. The number of hydrogen-bond acceptors (Lipinski definition) is 3. The highest BCUT2D eigenvalue weighted by molar-refractivity contribution is 5.96. The Morgan fingerprint density at radius 2 is 2.47 bits per heavy atom. The van der Waals surface area contributed by atoms with Gasteiger partial charge in [-0.05, 0) is 24.6 Å². The van der Waals surface area contributed by atoms with Gasteiger partial charge in [0.2, 0.25) is 5.91 Å². The molecule has 2 rings (SSSR count). The SMILES string of the molecule is C=CCC(N)C(=O)Nc1ccc2[nH]ncc2c1. The molecule has 0 spiro atoms. The zero-order valence-corrected chi connectivity index (χ0v) is 9.31. The second-order valence-corrected chi connectivity index (χ2v) is 3.79. The van der Waals surface area contributed by atoms with Gasteiger partial charge in [-0.1, -0.05) is 6.08 Å². The van der Waals surface area contributed by atoms with Crippen LogP contribution in [-0.2, 0) is 4.79 Å². The topological polar surface area (TPSA) is 83.8 Å². The predicted octanol–water partition coefficient (Wildman–Crippen LogP) is 1.40. The Morgan fingerprint density at radius 3 is 3.24 bits per heavy atom. The summed E-state index contributed by atoms with van der Waals surface area (Å²) in [4.78, 5) is 11.7. The van der Waals surface area contributed by atoms with Crippen LogP contribution >= 0.6 is 0 Å². The molecule has 88 valence electrons. The minimum Gasteiger partial charge on any atom is -0.325 e. The Hall–Kier alpha value is -2.14. The lowest BCUT2D eigenvalue weighted by Gasteiger charge is -2.10. The Morgan fingerprint density at radius 1 is 1.65 bits per heavy atom. The average Bonchev–Trinajstić information content (AvgIpc) is 2.76. The molecule has 4 N–H and O–H groups in total. The molecule has 1 aromatic carbocycles.